The van der Waals surface area contributed by atoms with Crippen LogP contribution in [0.25, 0.3) is 0 Å². The number of hydrogen-bond acceptors (Lipinski definition) is 3. The first-order valence-electron chi connectivity index (χ1n) is 7.66. The molecule has 0 amide bonds. The molecule has 3 nitrogen and oxygen atoms in total. The van der Waals surface area contributed by atoms with Gasteiger partial charge in [0, 0.05) is 30.5 Å². The average molecular weight is 260 g/mol. The molecule has 3 heteroatoms. The van der Waals surface area contributed by atoms with Crippen molar-refractivity contribution in [3.63, 3.8) is 0 Å². The second kappa shape index (κ2) is 5.91. The van der Waals surface area contributed by atoms with Crippen molar-refractivity contribution >= 4 is 0 Å². The van der Waals surface area contributed by atoms with Gasteiger partial charge in [-0.25, -0.2) is 0 Å². The van der Waals surface area contributed by atoms with Gasteiger partial charge in [0.1, 0.15) is 11.9 Å². The number of nitrogens with one attached hydrogen (secondary N) is 1. The highest BCUT2D eigenvalue weighted by molar-refractivity contribution is 5.30. The highest BCUT2D eigenvalue weighted by atomic mass is 16.5. The van der Waals surface area contributed by atoms with E-state index in [1.807, 2.05) is 18.5 Å². The van der Waals surface area contributed by atoms with E-state index in [1.165, 1.54) is 44.1 Å². The summed E-state index contributed by atoms with van der Waals surface area (Å²) >= 11 is 0. The Labute approximate surface area is 115 Å². The third kappa shape index (κ3) is 3.47. The molecule has 2 saturated carbocycles. The minimum absolute atomic E-state index is 0.385. The second-order valence-electron chi connectivity index (χ2n) is 6.06. The van der Waals surface area contributed by atoms with Crippen LogP contribution < -0.4 is 10.1 Å². The van der Waals surface area contributed by atoms with E-state index in [1.54, 1.807) is 0 Å². The van der Waals surface area contributed by atoms with Crippen molar-refractivity contribution in [1.29, 1.82) is 0 Å². The molecule has 2 aliphatic rings. The molecule has 0 spiro atoms. The molecule has 1 N–H and O–H groups in total. The molecule has 0 radical (unpaired) electrons. The minimum atomic E-state index is 0.385. The number of nitrogens with zero attached hydrogens (tertiary/aromatic N) is 1. The predicted octanol–water partition coefficient (Wildman–Crippen LogP) is 3.29. The van der Waals surface area contributed by atoms with Crippen molar-refractivity contribution in [2.24, 2.45) is 5.92 Å². The lowest BCUT2D eigenvalue weighted by atomic mass is 9.88. The first-order valence-corrected chi connectivity index (χ1v) is 7.66. The zero-order valence-corrected chi connectivity index (χ0v) is 11.8. The van der Waals surface area contributed by atoms with E-state index in [2.05, 4.69) is 17.2 Å². The van der Waals surface area contributed by atoms with E-state index >= 15 is 0 Å². The van der Waals surface area contributed by atoms with E-state index in [0.29, 0.717) is 12.0 Å². The molecule has 1 heterocycles. The Balaban J connectivity index is 1.64. The lowest BCUT2D eigenvalue weighted by Crippen LogP contribution is -2.29. The highest BCUT2D eigenvalue weighted by Crippen LogP contribution is 2.29. The van der Waals surface area contributed by atoms with Crippen molar-refractivity contribution in [2.75, 3.05) is 0 Å². The zero-order chi connectivity index (χ0) is 13.1. The van der Waals surface area contributed by atoms with Crippen LogP contribution in [-0.2, 0) is 6.54 Å². The van der Waals surface area contributed by atoms with Gasteiger partial charge in [-0.15, -0.1) is 0 Å². The Morgan fingerprint density at radius 3 is 2.89 bits per heavy atom. The molecule has 0 bridgehead atoms. The van der Waals surface area contributed by atoms with Gasteiger partial charge >= 0.3 is 0 Å². The summed E-state index contributed by atoms with van der Waals surface area (Å²) in [5, 5.41) is 3.54. The normalized spacial score (nSPS) is 27.2. The number of aromatic nitrogens is 1. The number of ether oxygens (including phenoxy) is 1. The molecule has 2 atom stereocenters. The van der Waals surface area contributed by atoms with Crippen LogP contribution in [0.2, 0.25) is 0 Å². The summed E-state index contributed by atoms with van der Waals surface area (Å²) in [6, 6.07) is 2.74. The van der Waals surface area contributed by atoms with Crippen LogP contribution in [0.3, 0.4) is 0 Å². The third-order valence-corrected chi connectivity index (χ3v) is 4.33. The summed E-state index contributed by atoms with van der Waals surface area (Å²) < 4.78 is 6.27. The molecule has 104 valence electrons. The largest absolute Gasteiger partial charge is 0.490 e. The number of rotatable bonds is 5. The molecule has 1 aromatic rings. The monoisotopic (exact) mass is 260 g/mol. The number of pyridine rings is 1. The lowest BCUT2D eigenvalue weighted by Gasteiger charge is -2.30. The van der Waals surface area contributed by atoms with E-state index in [-0.39, 0.29) is 0 Å². The van der Waals surface area contributed by atoms with Gasteiger partial charge < -0.3 is 10.1 Å². The Kier molecular flexibility index (Phi) is 4.02. The van der Waals surface area contributed by atoms with Gasteiger partial charge in [-0.2, -0.15) is 0 Å². The standard InChI is InChI=1S/C16H24N2O/c1-12-4-2-3-5-15(12)19-16-8-9-17-10-13(16)11-18-14-6-7-14/h8-10,12,14-15,18H,2-7,11H2,1H3. The molecule has 3 rings (SSSR count). The molecule has 2 fully saturated rings. The summed E-state index contributed by atoms with van der Waals surface area (Å²) in [7, 11) is 0. The first kappa shape index (κ1) is 12.9. The molecule has 2 aliphatic carbocycles. The van der Waals surface area contributed by atoms with Crippen LogP contribution in [0.5, 0.6) is 5.75 Å². The maximum absolute atomic E-state index is 6.27. The molecule has 1 aromatic heterocycles. The van der Waals surface area contributed by atoms with Crippen LogP contribution in [0.15, 0.2) is 18.5 Å². The van der Waals surface area contributed by atoms with E-state index in [4.69, 9.17) is 4.74 Å². The maximum Gasteiger partial charge on any atom is 0.127 e. The van der Waals surface area contributed by atoms with Crippen LogP contribution in [0.4, 0.5) is 0 Å². The Morgan fingerprint density at radius 2 is 2.11 bits per heavy atom. The van der Waals surface area contributed by atoms with Crippen LogP contribution >= 0.6 is 0 Å². The van der Waals surface area contributed by atoms with Crippen LogP contribution in [0.1, 0.15) is 51.0 Å². The van der Waals surface area contributed by atoms with E-state index < -0.39 is 0 Å². The Bertz CT molecular complexity index is 417. The van der Waals surface area contributed by atoms with Gasteiger partial charge in [-0.05, 0) is 44.1 Å². The zero-order valence-electron chi connectivity index (χ0n) is 11.8. The summed E-state index contributed by atoms with van der Waals surface area (Å²) in [5.74, 6) is 1.70. The lowest BCUT2D eigenvalue weighted by molar-refractivity contribution is 0.101. The third-order valence-electron chi connectivity index (χ3n) is 4.33. The van der Waals surface area contributed by atoms with Crippen molar-refractivity contribution in [1.82, 2.24) is 10.3 Å². The summed E-state index contributed by atoms with van der Waals surface area (Å²) in [6.07, 6.45) is 11.9. The summed E-state index contributed by atoms with van der Waals surface area (Å²) in [5.41, 5.74) is 1.20. The van der Waals surface area contributed by atoms with Crippen molar-refractivity contribution in [3.8, 4) is 5.75 Å². The molecule has 19 heavy (non-hydrogen) atoms. The fourth-order valence-electron chi connectivity index (χ4n) is 2.82. The van der Waals surface area contributed by atoms with Crippen LogP contribution in [0, 0.1) is 5.92 Å². The maximum atomic E-state index is 6.27. The van der Waals surface area contributed by atoms with Gasteiger partial charge in [0.25, 0.3) is 0 Å². The van der Waals surface area contributed by atoms with Gasteiger partial charge in [-0.3, -0.25) is 4.98 Å². The molecule has 2 unspecified atom stereocenters. The predicted molar refractivity (Wildman–Crippen MR) is 76.1 cm³/mol. The average Bonchev–Trinajstić information content (AvgIpc) is 3.24. The van der Waals surface area contributed by atoms with Crippen molar-refractivity contribution in [3.05, 3.63) is 24.0 Å². The number of hydrogen-bond donors (Lipinski definition) is 1. The summed E-state index contributed by atoms with van der Waals surface area (Å²) in [6.45, 7) is 3.20. The molecule has 0 saturated heterocycles. The van der Waals surface area contributed by atoms with Gasteiger partial charge in [-0.1, -0.05) is 13.3 Å². The Morgan fingerprint density at radius 1 is 1.26 bits per heavy atom. The minimum Gasteiger partial charge on any atom is -0.490 e. The Hall–Kier alpha value is -1.09. The van der Waals surface area contributed by atoms with E-state index in [0.717, 1.165) is 18.3 Å². The van der Waals surface area contributed by atoms with Crippen molar-refractivity contribution in [2.45, 2.75) is 64.1 Å². The molecular weight excluding hydrogens is 236 g/mol. The van der Waals surface area contributed by atoms with Gasteiger partial charge in [0.2, 0.25) is 0 Å². The molecule has 0 aliphatic heterocycles. The smallest absolute Gasteiger partial charge is 0.127 e. The van der Waals surface area contributed by atoms with Gasteiger partial charge in [0.05, 0.1) is 0 Å². The fourth-order valence-corrected chi connectivity index (χ4v) is 2.82. The first-order chi connectivity index (χ1) is 9.33. The highest BCUT2D eigenvalue weighted by Gasteiger charge is 2.24. The van der Waals surface area contributed by atoms with E-state index in [9.17, 15) is 0 Å². The summed E-state index contributed by atoms with van der Waals surface area (Å²) in [4.78, 5) is 4.24. The SMILES string of the molecule is CC1CCCCC1Oc1ccncc1CNC1CC1. The van der Waals surface area contributed by atoms with Gasteiger partial charge in [0.15, 0.2) is 0 Å². The van der Waals surface area contributed by atoms with Crippen LogP contribution in [-0.4, -0.2) is 17.1 Å². The molecule has 0 aromatic carbocycles. The van der Waals surface area contributed by atoms with Crippen molar-refractivity contribution < 1.29 is 4.74 Å². The quantitative estimate of drug-likeness (QED) is 0.882. The second-order valence-corrected chi connectivity index (χ2v) is 6.06. The fraction of sp³-hybridized carbons (Fsp3) is 0.688. The molecular formula is C16H24N2O. The topological polar surface area (TPSA) is 34.1 Å².